The van der Waals surface area contributed by atoms with Gasteiger partial charge in [-0.05, 0) is 49.4 Å². The number of methoxy groups -OCH3 is 2. The zero-order chi connectivity index (χ0) is 21.5. The van der Waals surface area contributed by atoms with Crippen LogP contribution in [0.2, 0.25) is 0 Å². The Morgan fingerprint density at radius 2 is 1.73 bits per heavy atom. The lowest BCUT2D eigenvalue weighted by molar-refractivity contribution is -0.118. The number of carbonyl (C=O) groups excluding carboxylic acids is 2. The maximum absolute atomic E-state index is 12.4. The average Bonchev–Trinajstić information content (AvgIpc) is 3.17. The molecule has 0 saturated carbocycles. The first-order valence-corrected chi connectivity index (χ1v) is 9.66. The Morgan fingerprint density at radius 1 is 0.967 bits per heavy atom. The van der Waals surface area contributed by atoms with Crippen LogP contribution in [0.3, 0.4) is 0 Å². The first kappa shape index (κ1) is 21.1. The summed E-state index contributed by atoms with van der Waals surface area (Å²) in [6.45, 7) is 1.57. The Kier molecular flexibility index (Phi) is 6.81. The number of rotatable bonds is 8. The van der Waals surface area contributed by atoms with E-state index in [1.165, 1.54) is 24.5 Å². The van der Waals surface area contributed by atoms with Crippen molar-refractivity contribution < 1.29 is 23.8 Å². The van der Waals surface area contributed by atoms with Gasteiger partial charge >= 0.3 is 0 Å². The van der Waals surface area contributed by atoms with Gasteiger partial charge in [0.15, 0.2) is 18.1 Å². The van der Waals surface area contributed by atoms with Gasteiger partial charge < -0.3 is 19.5 Å². The van der Waals surface area contributed by atoms with E-state index in [4.69, 9.17) is 14.2 Å². The fraction of sp³-hybridized carbons (Fsp3) is 0.200. The molecule has 0 saturated heterocycles. The van der Waals surface area contributed by atoms with Crippen molar-refractivity contribution in [3.8, 4) is 17.2 Å². The van der Waals surface area contributed by atoms with Crippen molar-refractivity contribution in [1.29, 1.82) is 0 Å². The van der Waals surface area contributed by atoms with Crippen molar-refractivity contribution in [2.24, 2.45) is 0 Å². The fourth-order valence-corrected chi connectivity index (χ4v) is 3.05. The first-order chi connectivity index (χ1) is 14.5. The van der Waals surface area contributed by atoms with Gasteiger partial charge in [0.05, 0.1) is 14.2 Å². The van der Waals surface area contributed by atoms with E-state index in [1.807, 2.05) is 0 Å². The molecule has 2 N–H and O–H groups in total. The van der Waals surface area contributed by atoms with Crippen molar-refractivity contribution >= 4 is 34.0 Å². The Morgan fingerprint density at radius 3 is 2.37 bits per heavy atom. The van der Waals surface area contributed by atoms with Gasteiger partial charge in [-0.2, -0.15) is 0 Å². The molecular formula is C20H20N4O5S. The number of anilines is 2. The van der Waals surface area contributed by atoms with Crippen molar-refractivity contribution in [3.05, 3.63) is 53.0 Å². The summed E-state index contributed by atoms with van der Waals surface area (Å²) in [6.07, 6.45) is 0. The largest absolute Gasteiger partial charge is 0.497 e. The molecular weight excluding hydrogens is 408 g/mol. The van der Waals surface area contributed by atoms with Crippen molar-refractivity contribution in [3.63, 3.8) is 0 Å². The zero-order valence-corrected chi connectivity index (χ0v) is 17.4. The Labute approximate surface area is 177 Å². The molecule has 0 radical (unpaired) electrons. The minimum Gasteiger partial charge on any atom is -0.497 e. The smallest absolute Gasteiger partial charge is 0.262 e. The molecule has 10 heteroatoms. The molecule has 1 heterocycles. The van der Waals surface area contributed by atoms with Gasteiger partial charge in [-0.15, -0.1) is 10.2 Å². The second-order valence-corrected chi connectivity index (χ2v) is 7.19. The first-order valence-electron chi connectivity index (χ1n) is 8.84. The maximum atomic E-state index is 12.4. The van der Waals surface area contributed by atoms with E-state index >= 15 is 0 Å². The van der Waals surface area contributed by atoms with E-state index < -0.39 is 0 Å². The maximum Gasteiger partial charge on any atom is 0.262 e. The van der Waals surface area contributed by atoms with Crippen LogP contribution in [-0.4, -0.2) is 42.8 Å². The third-order valence-electron chi connectivity index (χ3n) is 3.90. The quantitative estimate of drug-likeness (QED) is 0.567. The topological polar surface area (TPSA) is 112 Å². The number of nitrogens with zero attached hydrogens (tertiary/aromatic N) is 2. The van der Waals surface area contributed by atoms with Gasteiger partial charge in [-0.3, -0.25) is 14.9 Å². The monoisotopic (exact) mass is 428 g/mol. The molecule has 3 aromatic rings. The van der Waals surface area contributed by atoms with E-state index in [2.05, 4.69) is 20.8 Å². The summed E-state index contributed by atoms with van der Waals surface area (Å²) in [5.41, 5.74) is 0.977. The van der Waals surface area contributed by atoms with Crippen LogP contribution < -0.4 is 24.8 Å². The highest BCUT2D eigenvalue weighted by Crippen LogP contribution is 2.28. The SMILES string of the molecule is COc1ccc(NC(=O)COc2ccc(C(=O)Nc3nnc(C)s3)cc2OC)cc1. The number of hydrogen-bond donors (Lipinski definition) is 2. The molecule has 0 atom stereocenters. The number of carbonyl (C=O) groups is 2. The summed E-state index contributed by atoms with van der Waals surface area (Å²) in [7, 11) is 3.02. The molecule has 156 valence electrons. The van der Waals surface area contributed by atoms with E-state index in [9.17, 15) is 9.59 Å². The lowest BCUT2D eigenvalue weighted by atomic mass is 10.2. The van der Waals surface area contributed by atoms with Crippen LogP contribution >= 0.6 is 11.3 Å². The summed E-state index contributed by atoms with van der Waals surface area (Å²) in [4.78, 5) is 24.5. The second kappa shape index (κ2) is 9.70. The van der Waals surface area contributed by atoms with Gasteiger partial charge in [0.25, 0.3) is 11.8 Å². The van der Waals surface area contributed by atoms with Gasteiger partial charge in [-0.25, -0.2) is 0 Å². The summed E-state index contributed by atoms with van der Waals surface area (Å²) in [5.74, 6) is 0.669. The minimum absolute atomic E-state index is 0.224. The predicted octanol–water partition coefficient (Wildman–Crippen LogP) is 3.13. The molecule has 2 aromatic carbocycles. The number of aromatic nitrogens is 2. The molecule has 0 aliphatic heterocycles. The molecule has 0 unspecified atom stereocenters. The summed E-state index contributed by atoms with van der Waals surface area (Å²) in [5, 5.41) is 14.3. The Balaban J connectivity index is 1.60. The van der Waals surface area contributed by atoms with Gasteiger partial charge in [0, 0.05) is 11.3 Å². The number of ether oxygens (including phenoxy) is 3. The zero-order valence-electron chi connectivity index (χ0n) is 16.6. The van der Waals surface area contributed by atoms with Gasteiger partial charge in [-0.1, -0.05) is 11.3 Å². The van der Waals surface area contributed by atoms with Crippen molar-refractivity contribution in [2.45, 2.75) is 6.92 Å². The van der Waals surface area contributed by atoms with Gasteiger partial charge in [0.2, 0.25) is 5.13 Å². The van der Waals surface area contributed by atoms with Crippen LogP contribution in [-0.2, 0) is 4.79 Å². The van der Waals surface area contributed by atoms with Crippen molar-refractivity contribution in [2.75, 3.05) is 31.5 Å². The molecule has 9 nitrogen and oxygen atoms in total. The number of amides is 2. The average molecular weight is 428 g/mol. The lowest BCUT2D eigenvalue weighted by Crippen LogP contribution is -2.20. The molecule has 1 aromatic heterocycles. The van der Waals surface area contributed by atoms with Crippen LogP contribution in [0.1, 0.15) is 15.4 Å². The van der Waals surface area contributed by atoms with E-state index in [1.54, 1.807) is 50.4 Å². The highest BCUT2D eigenvalue weighted by atomic mass is 32.1. The lowest BCUT2D eigenvalue weighted by Gasteiger charge is -2.12. The highest BCUT2D eigenvalue weighted by Gasteiger charge is 2.14. The van der Waals surface area contributed by atoms with Crippen LogP contribution in [0.15, 0.2) is 42.5 Å². The number of aryl methyl sites for hydroxylation is 1. The molecule has 0 fully saturated rings. The van der Waals surface area contributed by atoms with Crippen LogP contribution in [0, 0.1) is 6.92 Å². The van der Waals surface area contributed by atoms with E-state index in [-0.39, 0.29) is 18.4 Å². The van der Waals surface area contributed by atoms with Crippen LogP contribution in [0.5, 0.6) is 17.2 Å². The molecule has 2 amide bonds. The third-order valence-corrected chi connectivity index (χ3v) is 4.66. The predicted molar refractivity (Wildman–Crippen MR) is 113 cm³/mol. The standard InChI is InChI=1S/C20H20N4O5S/c1-12-23-24-20(30-12)22-19(26)13-4-9-16(17(10-13)28-3)29-11-18(25)21-14-5-7-15(27-2)8-6-14/h4-10H,11H2,1-3H3,(H,21,25)(H,22,24,26). The van der Waals surface area contributed by atoms with Crippen molar-refractivity contribution in [1.82, 2.24) is 10.2 Å². The number of benzene rings is 2. The van der Waals surface area contributed by atoms with Crippen LogP contribution in [0.4, 0.5) is 10.8 Å². The number of nitrogens with one attached hydrogen (secondary N) is 2. The molecule has 0 spiro atoms. The van der Waals surface area contributed by atoms with Crippen LogP contribution in [0.25, 0.3) is 0 Å². The highest BCUT2D eigenvalue weighted by molar-refractivity contribution is 7.15. The van der Waals surface area contributed by atoms with Gasteiger partial charge in [0.1, 0.15) is 10.8 Å². The molecule has 3 rings (SSSR count). The summed E-state index contributed by atoms with van der Waals surface area (Å²) in [6, 6.07) is 11.6. The Bertz CT molecular complexity index is 1040. The minimum atomic E-state index is -0.353. The normalized spacial score (nSPS) is 10.2. The third kappa shape index (κ3) is 5.45. The Hall–Kier alpha value is -3.66. The summed E-state index contributed by atoms with van der Waals surface area (Å²) < 4.78 is 15.9. The number of hydrogen-bond acceptors (Lipinski definition) is 8. The molecule has 0 aliphatic carbocycles. The molecule has 0 bridgehead atoms. The van der Waals surface area contributed by atoms with E-state index in [0.29, 0.717) is 33.6 Å². The summed E-state index contributed by atoms with van der Waals surface area (Å²) >= 11 is 1.28. The van der Waals surface area contributed by atoms with E-state index in [0.717, 1.165) is 5.01 Å². The second-order valence-electron chi connectivity index (χ2n) is 6.01. The molecule has 30 heavy (non-hydrogen) atoms. The molecule has 0 aliphatic rings. The fourth-order valence-electron chi connectivity index (χ4n) is 2.46.